The Morgan fingerprint density at radius 1 is 0.914 bits per heavy atom. The van der Waals surface area contributed by atoms with Crippen LogP contribution in [0.4, 0.5) is 22.7 Å². The highest BCUT2D eigenvalue weighted by Crippen LogP contribution is 2.27. The summed E-state index contributed by atoms with van der Waals surface area (Å²) in [5, 5.41) is 16.5. The Morgan fingerprint density at radius 2 is 1.54 bits per heavy atom. The van der Waals surface area contributed by atoms with E-state index in [0.717, 1.165) is 5.69 Å². The number of anilines is 3. The van der Waals surface area contributed by atoms with E-state index in [0.29, 0.717) is 49.0 Å². The summed E-state index contributed by atoms with van der Waals surface area (Å²) in [7, 11) is 1.57. The summed E-state index contributed by atoms with van der Waals surface area (Å²) in [5.41, 5.74) is 2.30. The van der Waals surface area contributed by atoms with Gasteiger partial charge < -0.3 is 25.0 Å². The number of nitrogens with one attached hydrogen (secondary N) is 2. The van der Waals surface area contributed by atoms with E-state index in [2.05, 4.69) is 15.5 Å². The maximum atomic E-state index is 13.3. The van der Waals surface area contributed by atoms with E-state index in [1.807, 2.05) is 0 Å². The molecule has 180 valence electrons. The van der Waals surface area contributed by atoms with Crippen LogP contribution < -0.4 is 20.3 Å². The third-order valence-electron chi connectivity index (χ3n) is 5.54. The lowest BCUT2D eigenvalue weighted by molar-refractivity contribution is -0.384. The molecule has 0 radical (unpaired) electrons. The van der Waals surface area contributed by atoms with Gasteiger partial charge >= 0.3 is 0 Å². The first-order valence-corrected chi connectivity index (χ1v) is 10.9. The summed E-state index contributed by atoms with van der Waals surface area (Å²) in [5.74, 6) is -0.100. The van der Waals surface area contributed by atoms with Gasteiger partial charge in [-0.1, -0.05) is 0 Å². The first kappa shape index (κ1) is 23.7. The first-order valence-electron chi connectivity index (χ1n) is 10.9. The lowest BCUT2D eigenvalue weighted by Gasteiger charge is -2.30. The van der Waals surface area contributed by atoms with Gasteiger partial charge in [-0.05, 0) is 54.6 Å². The van der Waals surface area contributed by atoms with Gasteiger partial charge in [0.2, 0.25) is 0 Å². The van der Waals surface area contributed by atoms with Crippen molar-refractivity contribution in [3.05, 3.63) is 88.0 Å². The van der Waals surface area contributed by atoms with Gasteiger partial charge in [-0.2, -0.15) is 0 Å². The van der Waals surface area contributed by atoms with Crippen LogP contribution in [0.1, 0.15) is 20.7 Å². The van der Waals surface area contributed by atoms with Crippen LogP contribution in [0.5, 0.6) is 5.75 Å². The summed E-state index contributed by atoms with van der Waals surface area (Å²) in [6.45, 7) is 2.38. The van der Waals surface area contributed by atoms with Crippen molar-refractivity contribution in [2.45, 2.75) is 0 Å². The number of nitro benzene ring substituents is 1. The molecule has 3 aromatic carbocycles. The maximum Gasteiger partial charge on any atom is 0.269 e. The van der Waals surface area contributed by atoms with E-state index in [1.54, 1.807) is 49.6 Å². The number of morpholine rings is 1. The number of hydrogen-bond donors (Lipinski definition) is 2. The molecule has 0 saturated carbocycles. The minimum absolute atomic E-state index is 0.103. The van der Waals surface area contributed by atoms with E-state index in [4.69, 9.17) is 9.47 Å². The largest absolute Gasteiger partial charge is 0.497 e. The molecule has 1 aliphatic rings. The van der Waals surface area contributed by atoms with Gasteiger partial charge in [-0.15, -0.1) is 0 Å². The molecule has 0 bridgehead atoms. The van der Waals surface area contributed by atoms with Crippen LogP contribution in [0.3, 0.4) is 0 Å². The highest BCUT2D eigenvalue weighted by atomic mass is 16.6. The summed E-state index contributed by atoms with van der Waals surface area (Å²) in [6, 6.07) is 17.4. The number of carbonyl (C=O) groups is 2. The number of hydrogen-bond acceptors (Lipinski definition) is 7. The van der Waals surface area contributed by atoms with Crippen LogP contribution in [0.15, 0.2) is 66.7 Å². The fourth-order valence-electron chi connectivity index (χ4n) is 3.69. The van der Waals surface area contributed by atoms with Crippen molar-refractivity contribution in [3.63, 3.8) is 0 Å². The van der Waals surface area contributed by atoms with E-state index in [9.17, 15) is 19.7 Å². The number of nitrogens with zero attached hydrogens (tertiary/aromatic N) is 2. The quantitative estimate of drug-likeness (QED) is 0.391. The van der Waals surface area contributed by atoms with Gasteiger partial charge in [-0.25, -0.2) is 0 Å². The van der Waals surface area contributed by atoms with Gasteiger partial charge in [0.15, 0.2) is 0 Å². The Morgan fingerprint density at radius 3 is 2.17 bits per heavy atom. The summed E-state index contributed by atoms with van der Waals surface area (Å²) in [4.78, 5) is 38.3. The average molecular weight is 476 g/mol. The third-order valence-corrected chi connectivity index (χ3v) is 5.54. The van der Waals surface area contributed by atoms with Crippen LogP contribution in [-0.4, -0.2) is 50.2 Å². The zero-order valence-corrected chi connectivity index (χ0v) is 19.0. The summed E-state index contributed by atoms with van der Waals surface area (Å²) < 4.78 is 10.6. The zero-order chi connectivity index (χ0) is 24.8. The zero-order valence-electron chi connectivity index (χ0n) is 19.0. The molecule has 2 N–H and O–H groups in total. The van der Waals surface area contributed by atoms with Crippen molar-refractivity contribution in [3.8, 4) is 5.75 Å². The number of non-ortho nitro benzene ring substituents is 1. The van der Waals surface area contributed by atoms with Gasteiger partial charge in [0.25, 0.3) is 17.5 Å². The molecule has 3 aromatic rings. The van der Waals surface area contributed by atoms with Crippen molar-refractivity contribution in [2.24, 2.45) is 0 Å². The lowest BCUT2D eigenvalue weighted by atomic mass is 10.1. The Hall–Kier alpha value is -4.44. The van der Waals surface area contributed by atoms with Gasteiger partial charge in [0.05, 0.1) is 30.8 Å². The predicted octanol–water partition coefficient (Wildman–Crippen LogP) is 3.94. The molecule has 0 spiro atoms. The Balaban J connectivity index is 1.58. The number of carbonyl (C=O) groups excluding carboxylic acids is 2. The van der Waals surface area contributed by atoms with Crippen molar-refractivity contribution < 1.29 is 24.0 Å². The minimum Gasteiger partial charge on any atom is -0.497 e. The fourth-order valence-corrected chi connectivity index (χ4v) is 3.69. The second-order valence-corrected chi connectivity index (χ2v) is 7.77. The number of benzene rings is 3. The SMILES string of the molecule is COc1ccc(NC(=O)c2cc(NC(=O)c3ccc([N+](=O)[O-])cc3)ccc2N2CCOCC2)cc1. The van der Waals surface area contributed by atoms with Crippen molar-refractivity contribution >= 4 is 34.6 Å². The molecule has 1 heterocycles. The highest BCUT2D eigenvalue weighted by Gasteiger charge is 2.20. The number of rotatable bonds is 7. The minimum atomic E-state index is -0.528. The number of amides is 2. The molecule has 1 fully saturated rings. The normalized spacial score (nSPS) is 13.1. The Labute approximate surface area is 201 Å². The topological polar surface area (TPSA) is 123 Å². The highest BCUT2D eigenvalue weighted by molar-refractivity contribution is 6.10. The molecule has 10 heteroatoms. The first-order chi connectivity index (χ1) is 16.9. The van der Waals surface area contributed by atoms with Gasteiger partial charge in [-0.3, -0.25) is 19.7 Å². The smallest absolute Gasteiger partial charge is 0.269 e. The monoisotopic (exact) mass is 476 g/mol. The second-order valence-electron chi connectivity index (χ2n) is 7.77. The molecule has 0 aliphatic carbocycles. The fraction of sp³-hybridized carbons (Fsp3) is 0.200. The van der Waals surface area contributed by atoms with Gasteiger partial charge in [0.1, 0.15) is 5.75 Å². The molecule has 1 saturated heterocycles. The Kier molecular flexibility index (Phi) is 7.22. The Bertz CT molecular complexity index is 1220. The van der Waals surface area contributed by atoms with Crippen molar-refractivity contribution in [1.29, 1.82) is 0 Å². The van der Waals surface area contributed by atoms with Crippen molar-refractivity contribution in [2.75, 3.05) is 48.9 Å². The van der Waals surface area contributed by atoms with Crippen LogP contribution in [0.25, 0.3) is 0 Å². The van der Waals surface area contributed by atoms with E-state index >= 15 is 0 Å². The molecule has 0 atom stereocenters. The summed E-state index contributed by atoms with van der Waals surface area (Å²) in [6.07, 6.45) is 0. The van der Waals surface area contributed by atoms with Crippen LogP contribution in [0, 0.1) is 10.1 Å². The van der Waals surface area contributed by atoms with Gasteiger partial charge in [0, 0.05) is 47.8 Å². The molecular formula is C25H24N4O6. The third kappa shape index (κ3) is 5.74. The van der Waals surface area contributed by atoms with E-state index in [-0.39, 0.29) is 17.2 Å². The maximum absolute atomic E-state index is 13.3. The standard InChI is InChI=1S/C25H24N4O6/c1-34-21-9-4-18(5-10-21)26-25(31)22-16-19(6-11-23(22)28-12-14-35-15-13-28)27-24(30)17-2-7-20(8-3-17)29(32)33/h2-11,16H,12-15H2,1H3,(H,26,31)(H,27,30). The molecule has 2 amide bonds. The van der Waals surface area contributed by atoms with E-state index in [1.165, 1.54) is 24.3 Å². The summed E-state index contributed by atoms with van der Waals surface area (Å²) >= 11 is 0. The molecular weight excluding hydrogens is 452 g/mol. The van der Waals surface area contributed by atoms with Crippen LogP contribution in [-0.2, 0) is 4.74 Å². The molecule has 4 rings (SSSR count). The molecule has 10 nitrogen and oxygen atoms in total. The molecule has 1 aliphatic heterocycles. The van der Waals surface area contributed by atoms with E-state index < -0.39 is 10.8 Å². The predicted molar refractivity (Wildman–Crippen MR) is 131 cm³/mol. The average Bonchev–Trinajstić information content (AvgIpc) is 2.89. The molecule has 35 heavy (non-hydrogen) atoms. The molecule has 0 unspecified atom stereocenters. The number of nitro groups is 1. The molecule has 0 aromatic heterocycles. The number of ether oxygens (including phenoxy) is 2. The van der Waals surface area contributed by atoms with Crippen LogP contribution in [0.2, 0.25) is 0 Å². The number of methoxy groups -OCH3 is 1. The lowest BCUT2D eigenvalue weighted by Crippen LogP contribution is -2.37. The van der Waals surface area contributed by atoms with Crippen LogP contribution >= 0.6 is 0 Å². The van der Waals surface area contributed by atoms with Crippen molar-refractivity contribution in [1.82, 2.24) is 0 Å². The second kappa shape index (κ2) is 10.7.